The Kier molecular flexibility index (Phi) is 10.4. The number of nitrogens with one attached hydrogen (secondary N) is 2. The van der Waals surface area contributed by atoms with Gasteiger partial charge in [0.15, 0.2) is 0 Å². The number of nitrogens with zero attached hydrogens (tertiary/aromatic N) is 3. The van der Waals surface area contributed by atoms with Gasteiger partial charge in [-0.05, 0) is 56.0 Å². The highest BCUT2D eigenvalue weighted by atomic mass is 35.5. The van der Waals surface area contributed by atoms with Crippen LogP contribution in [0.1, 0.15) is 30.6 Å². The second-order valence-electron chi connectivity index (χ2n) is 9.22. The lowest BCUT2D eigenvalue weighted by molar-refractivity contribution is -0.143. The number of hydrogen-bond acceptors (Lipinski definition) is 8. The number of hydrogen-bond donors (Lipinski definition) is 2. The Bertz CT molecular complexity index is 1300. The van der Waals surface area contributed by atoms with Crippen molar-refractivity contribution in [3.63, 3.8) is 0 Å². The zero-order valence-electron chi connectivity index (χ0n) is 21.1. The molecule has 4 heterocycles. The number of amides is 3. The number of aromatic nitrogens is 1. The molecule has 0 aromatic carbocycles. The van der Waals surface area contributed by atoms with E-state index in [4.69, 9.17) is 11.6 Å². The largest absolute Gasteiger partial charge is 0.353 e. The van der Waals surface area contributed by atoms with Crippen molar-refractivity contribution in [3.8, 4) is 0 Å². The van der Waals surface area contributed by atoms with Crippen LogP contribution in [0.5, 0.6) is 0 Å². The first-order chi connectivity index (χ1) is 18.7. The number of carbonyl (C=O) groups excluding carboxylic acids is 3. The zero-order valence-corrected chi connectivity index (χ0v) is 24.3. The summed E-state index contributed by atoms with van der Waals surface area (Å²) in [6.45, 7) is 1.16. The number of thioether (sulfide) groups is 1. The van der Waals surface area contributed by atoms with Crippen molar-refractivity contribution < 1.29 is 22.8 Å². The minimum absolute atomic E-state index is 0.117. The molecule has 2 aliphatic rings. The van der Waals surface area contributed by atoms with Gasteiger partial charge in [-0.2, -0.15) is 4.72 Å². The fourth-order valence-corrected chi connectivity index (χ4v) is 7.30. The van der Waals surface area contributed by atoms with Crippen LogP contribution in [0.25, 0.3) is 6.08 Å². The van der Waals surface area contributed by atoms with E-state index in [2.05, 4.69) is 15.0 Å². The van der Waals surface area contributed by atoms with E-state index >= 15 is 0 Å². The molecule has 2 N–H and O–H groups in total. The second-order valence-corrected chi connectivity index (χ2v) is 13.6. The molecule has 10 nitrogen and oxygen atoms in total. The maximum atomic E-state index is 13.1. The Morgan fingerprint density at radius 2 is 1.92 bits per heavy atom. The number of rotatable bonds is 11. The molecule has 2 aliphatic heterocycles. The minimum atomic E-state index is -3.87. The molecule has 2 saturated heterocycles. The molecule has 210 valence electrons. The smallest absolute Gasteiger partial charge is 0.242 e. The van der Waals surface area contributed by atoms with Crippen LogP contribution in [0.4, 0.5) is 0 Å². The summed E-state index contributed by atoms with van der Waals surface area (Å²) in [5.74, 6) is -0.471. The van der Waals surface area contributed by atoms with E-state index in [-0.39, 0.29) is 30.2 Å². The molecule has 2 aromatic rings. The average molecular weight is 612 g/mol. The van der Waals surface area contributed by atoms with E-state index in [0.29, 0.717) is 41.7 Å². The van der Waals surface area contributed by atoms with Gasteiger partial charge in [0.1, 0.15) is 6.04 Å². The van der Waals surface area contributed by atoms with E-state index in [0.717, 1.165) is 23.1 Å². The molecule has 3 amide bonds. The number of pyridine rings is 1. The van der Waals surface area contributed by atoms with E-state index < -0.39 is 22.0 Å². The lowest BCUT2D eigenvalue weighted by Gasteiger charge is -2.34. The number of piperidine rings is 1. The summed E-state index contributed by atoms with van der Waals surface area (Å²) in [4.78, 5) is 47.2. The standard InChI is InChI=1S/C25H30ClN5O5S3/c26-22-6-5-20(38-22)9-14-39(35,36)29-21-4-2-12-30(25(21)34)16-24(33)31-13-1-3-18(31)15-28-23(32)17-37-19-7-10-27-11-8-19/h5-11,14,18,21,29H,1-4,12-13,15-17H2,(H,28,32)/b14-9+/t18-,21-/m0/s1. The Morgan fingerprint density at radius 1 is 1.15 bits per heavy atom. The molecular formula is C25H30ClN5O5S3. The topological polar surface area (TPSA) is 129 Å². The van der Waals surface area contributed by atoms with Gasteiger partial charge < -0.3 is 15.1 Å². The molecule has 0 bridgehead atoms. The third-order valence-electron chi connectivity index (χ3n) is 6.42. The van der Waals surface area contributed by atoms with Crippen molar-refractivity contribution in [2.45, 2.75) is 42.7 Å². The number of thiophene rings is 1. The van der Waals surface area contributed by atoms with Crippen LogP contribution in [-0.4, -0.2) is 84.9 Å². The fourth-order valence-electron chi connectivity index (χ4n) is 4.52. The van der Waals surface area contributed by atoms with Gasteiger partial charge in [0.2, 0.25) is 27.7 Å². The first kappa shape index (κ1) is 29.5. The van der Waals surface area contributed by atoms with Crippen LogP contribution in [0, 0.1) is 0 Å². The molecule has 39 heavy (non-hydrogen) atoms. The predicted octanol–water partition coefficient (Wildman–Crippen LogP) is 2.58. The van der Waals surface area contributed by atoms with Crippen molar-refractivity contribution in [1.29, 1.82) is 0 Å². The molecular weight excluding hydrogens is 582 g/mol. The van der Waals surface area contributed by atoms with Crippen molar-refractivity contribution in [1.82, 2.24) is 24.8 Å². The van der Waals surface area contributed by atoms with Gasteiger partial charge in [0.25, 0.3) is 0 Å². The lowest BCUT2D eigenvalue weighted by atomic mass is 10.1. The van der Waals surface area contributed by atoms with E-state index in [1.54, 1.807) is 29.4 Å². The molecule has 0 radical (unpaired) electrons. The van der Waals surface area contributed by atoms with Gasteiger partial charge in [-0.25, -0.2) is 8.42 Å². The predicted molar refractivity (Wildman–Crippen MR) is 153 cm³/mol. The highest BCUT2D eigenvalue weighted by Gasteiger charge is 2.35. The van der Waals surface area contributed by atoms with Gasteiger partial charge in [-0.3, -0.25) is 19.4 Å². The molecule has 0 unspecified atom stereocenters. The number of sulfonamides is 1. The summed E-state index contributed by atoms with van der Waals surface area (Å²) in [5.41, 5.74) is 0. The first-order valence-electron chi connectivity index (χ1n) is 12.5. The summed E-state index contributed by atoms with van der Waals surface area (Å²) in [5, 5.41) is 3.93. The van der Waals surface area contributed by atoms with Gasteiger partial charge in [-0.1, -0.05) is 11.6 Å². The molecule has 2 aromatic heterocycles. The lowest BCUT2D eigenvalue weighted by Crippen LogP contribution is -2.55. The Hall–Kier alpha value is -2.45. The third kappa shape index (κ3) is 8.77. The van der Waals surface area contributed by atoms with Crippen molar-refractivity contribution in [3.05, 3.63) is 51.3 Å². The maximum absolute atomic E-state index is 13.1. The number of carbonyl (C=O) groups is 3. The summed E-state index contributed by atoms with van der Waals surface area (Å²) in [7, 11) is -3.87. The highest BCUT2D eigenvalue weighted by molar-refractivity contribution is 8.00. The van der Waals surface area contributed by atoms with Gasteiger partial charge in [0.05, 0.1) is 16.6 Å². The first-order valence-corrected chi connectivity index (χ1v) is 16.3. The SMILES string of the molecule is O=C(CSc1ccncc1)NC[C@@H]1CCCN1C(=O)CN1CCC[C@H](NS(=O)(=O)/C=C/c2ccc(Cl)s2)C1=O. The summed E-state index contributed by atoms with van der Waals surface area (Å²) >= 11 is 8.54. The zero-order chi connectivity index (χ0) is 27.8. The maximum Gasteiger partial charge on any atom is 0.242 e. The molecule has 0 spiro atoms. The summed E-state index contributed by atoms with van der Waals surface area (Å²) < 4.78 is 28.1. The summed E-state index contributed by atoms with van der Waals surface area (Å²) in [6, 6.07) is 5.98. The van der Waals surface area contributed by atoms with Gasteiger partial charge in [-0.15, -0.1) is 23.1 Å². The van der Waals surface area contributed by atoms with Crippen LogP contribution in [0.15, 0.2) is 47.0 Å². The van der Waals surface area contributed by atoms with E-state index in [1.807, 2.05) is 12.1 Å². The molecule has 0 aliphatic carbocycles. The Balaban J connectivity index is 1.26. The normalized spacial score (nSPS) is 20.1. The van der Waals surface area contributed by atoms with Crippen LogP contribution in [-0.2, 0) is 24.4 Å². The van der Waals surface area contributed by atoms with Crippen LogP contribution in [0.3, 0.4) is 0 Å². The minimum Gasteiger partial charge on any atom is -0.353 e. The molecule has 2 fully saturated rings. The van der Waals surface area contributed by atoms with E-state index in [1.165, 1.54) is 34.1 Å². The third-order valence-corrected chi connectivity index (χ3v) is 9.74. The highest BCUT2D eigenvalue weighted by Crippen LogP contribution is 2.23. The van der Waals surface area contributed by atoms with Crippen LogP contribution in [0.2, 0.25) is 4.34 Å². The second kappa shape index (κ2) is 13.8. The Labute approximate surface area is 241 Å². The van der Waals surface area contributed by atoms with Crippen LogP contribution >= 0.6 is 34.7 Å². The number of likely N-dealkylation sites (tertiary alicyclic amines) is 2. The summed E-state index contributed by atoms with van der Waals surface area (Å²) in [6.07, 6.45) is 7.29. The fraction of sp³-hybridized carbons (Fsp3) is 0.440. The van der Waals surface area contributed by atoms with Crippen LogP contribution < -0.4 is 10.0 Å². The average Bonchev–Trinajstić information content (AvgIpc) is 3.57. The quantitative estimate of drug-likeness (QED) is 0.374. The number of halogens is 1. The van der Waals surface area contributed by atoms with E-state index in [9.17, 15) is 22.8 Å². The van der Waals surface area contributed by atoms with Crippen molar-refractivity contribution in [2.75, 3.05) is 31.9 Å². The molecule has 0 saturated carbocycles. The van der Waals surface area contributed by atoms with Gasteiger partial charge >= 0.3 is 0 Å². The van der Waals surface area contributed by atoms with Crippen molar-refractivity contribution >= 4 is 68.5 Å². The molecule has 2 atom stereocenters. The van der Waals surface area contributed by atoms with Crippen molar-refractivity contribution in [2.24, 2.45) is 0 Å². The monoisotopic (exact) mass is 611 g/mol. The Morgan fingerprint density at radius 3 is 2.67 bits per heavy atom. The molecule has 14 heteroatoms. The molecule has 4 rings (SSSR count). The van der Waals surface area contributed by atoms with Gasteiger partial charge in [0, 0.05) is 53.3 Å².